The second kappa shape index (κ2) is 5.30. The maximum Gasteiger partial charge on any atom is 0.204 e. The van der Waals surface area contributed by atoms with Crippen LogP contribution in [0, 0.1) is 0 Å². The number of thioether (sulfide) groups is 1. The molecule has 19 heavy (non-hydrogen) atoms. The fourth-order valence-electron chi connectivity index (χ4n) is 2.53. The van der Waals surface area contributed by atoms with Crippen molar-refractivity contribution in [1.29, 1.82) is 0 Å². The van der Waals surface area contributed by atoms with Crippen molar-refractivity contribution in [2.45, 2.75) is 41.4 Å². The summed E-state index contributed by atoms with van der Waals surface area (Å²) in [5.41, 5.74) is 5.61. The van der Waals surface area contributed by atoms with E-state index in [2.05, 4.69) is 16.5 Å². The first-order chi connectivity index (χ1) is 9.16. The van der Waals surface area contributed by atoms with Crippen LogP contribution in [0.3, 0.4) is 0 Å². The van der Waals surface area contributed by atoms with E-state index in [9.17, 15) is 0 Å². The maximum absolute atomic E-state index is 5.98. The Kier molecular flexibility index (Phi) is 3.68. The van der Waals surface area contributed by atoms with E-state index in [4.69, 9.17) is 10.2 Å². The van der Waals surface area contributed by atoms with Crippen LogP contribution >= 0.6 is 23.1 Å². The number of nitrogen functional groups attached to an aromatic ring is 1. The van der Waals surface area contributed by atoms with E-state index >= 15 is 0 Å². The van der Waals surface area contributed by atoms with Gasteiger partial charge in [0.2, 0.25) is 5.89 Å². The van der Waals surface area contributed by atoms with Crippen molar-refractivity contribution in [1.82, 2.24) is 9.97 Å². The number of anilines is 1. The lowest BCUT2D eigenvalue weighted by Gasteiger charge is -2.16. The van der Waals surface area contributed by atoms with E-state index in [1.54, 1.807) is 11.8 Å². The van der Waals surface area contributed by atoms with Crippen molar-refractivity contribution in [3.05, 3.63) is 18.3 Å². The summed E-state index contributed by atoms with van der Waals surface area (Å²) in [5, 5.41) is 1.80. The molecule has 0 saturated carbocycles. The molecule has 2 aromatic rings. The van der Waals surface area contributed by atoms with Crippen molar-refractivity contribution in [2.24, 2.45) is 0 Å². The number of thiazole rings is 1. The second-order valence-corrected chi connectivity index (χ2v) is 12.1. The van der Waals surface area contributed by atoms with E-state index in [-0.39, 0.29) is 0 Å². The van der Waals surface area contributed by atoms with Gasteiger partial charge in [0.25, 0.3) is 0 Å². The summed E-state index contributed by atoms with van der Waals surface area (Å²) in [5.74, 6) is 1.58. The summed E-state index contributed by atoms with van der Waals surface area (Å²) < 4.78 is 7.09. The average Bonchev–Trinajstić information content (AvgIpc) is 3.08. The first kappa shape index (κ1) is 13.2. The zero-order valence-electron chi connectivity index (χ0n) is 10.9. The highest BCUT2D eigenvalue weighted by Crippen LogP contribution is 2.31. The van der Waals surface area contributed by atoms with Gasteiger partial charge in [0, 0.05) is 0 Å². The zero-order valence-corrected chi connectivity index (χ0v) is 13.5. The number of hydrogen-bond donors (Lipinski definition) is 1. The van der Waals surface area contributed by atoms with Crippen LogP contribution < -0.4 is 11.1 Å². The molecule has 0 bridgehead atoms. The number of nitrogens with two attached hydrogens (primary N) is 1. The van der Waals surface area contributed by atoms with E-state index in [1.807, 2.05) is 12.4 Å². The summed E-state index contributed by atoms with van der Waals surface area (Å²) in [6.45, 7) is 2.42. The smallest absolute Gasteiger partial charge is 0.204 e. The molecule has 0 unspecified atom stereocenters. The Labute approximate surface area is 121 Å². The molecular weight excluding hydrogens is 294 g/mol. The maximum atomic E-state index is 5.98. The van der Waals surface area contributed by atoms with Gasteiger partial charge in [0.05, 0.1) is 22.4 Å². The fraction of sp³-hybridized carbons (Fsp3) is 0.500. The Morgan fingerprint density at radius 1 is 1.37 bits per heavy atom. The molecule has 1 aliphatic heterocycles. The van der Waals surface area contributed by atoms with Gasteiger partial charge in [-0.05, 0) is 0 Å². The normalized spacial score (nSPS) is 17.9. The molecule has 0 amide bonds. The highest BCUT2D eigenvalue weighted by atomic mass is 32.2. The third kappa shape index (κ3) is 2.87. The Morgan fingerprint density at radius 3 is 2.84 bits per heavy atom. The predicted molar refractivity (Wildman–Crippen MR) is 82.7 cm³/mol. The van der Waals surface area contributed by atoms with Gasteiger partial charge < -0.3 is 10.2 Å². The zero-order chi connectivity index (χ0) is 13.3. The minimum absolute atomic E-state index is 0.612. The summed E-state index contributed by atoms with van der Waals surface area (Å²) in [7, 11) is -1.31. The molecule has 1 aliphatic rings. The van der Waals surface area contributed by atoms with Crippen molar-refractivity contribution >= 4 is 41.7 Å². The van der Waals surface area contributed by atoms with Gasteiger partial charge in [-0.25, -0.2) is 9.97 Å². The van der Waals surface area contributed by atoms with E-state index in [1.165, 1.54) is 41.7 Å². The van der Waals surface area contributed by atoms with Crippen LogP contribution in [0.1, 0.15) is 18.7 Å². The Morgan fingerprint density at radius 2 is 2.16 bits per heavy atom. The lowest BCUT2D eigenvalue weighted by atomic mass is 10.4. The third-order valence-corrected chi connectivity index (χ3v) is 10.0. The van der Waals surface area contributed by atoms with Crippen molar-refractivity contribution in [3.8, 4) is 0 Å². The lowest BCUT2D eigenvalue weighted by Crippen LogP contribution is -2.40. The monoisotopic (exact) mass is 311 g/mol. The highest BCUT2D eigenvalue weighted by Gasteiger charge is 2.36. The average molecular weight is 312 g/mol. The standard InChI is InChI=1S/C12H17N3OS2Si/c1-19(4-2-3-5-19)10-6-14-9(16-10)8-17-11-7-15-12(13)18-11/h6-7H,2-5,8H2,1H3,(H2,13,15). The van der Waals surface area contributed by atoms with Crippen LogP contribution in [0.25, 0.3) is 0 Å². The molecule has 1 saturated heterocycles. The van der Waals surface area contributed by atoms with Crippen LogP contribution in [0.5, 0.6) is 0 Å². The Bertz CT molecular complexity index is 563. The van der Waals surface area contributed by atoms with Gasteiger partial charge in [-0.15, -0.1) is 11.8 Å². The molecule has 0 aliphatic carbocycles. The van der Waals surface area contributed by atoms with Gasteiger partial charge in [-0.3, -0.25) is 0 Å². The van der Waals surface area contributed by atoms with Gasteiger partial charge in [-0.2, -0.15) is 0 Å². The largest absolute Gasteiger partial charge is 0.450 e. The lowest BCUT2D eigenvalue weighted by molar-refractivity contribution is 0.541. The minimum Gasteiger partial charge on any atom is -0.450 e. The summed E-state index contributed by atoms with van der Waals surface area (Å²) >= 11 is 3.19. The summed E-state index contributed by atoms with van der Waals surface area (Å²) in [6, 6.07) is 2.69. The molecule has 2 N–H and O–H groups in total. The second-order valence-electron chi connectivity index (χ2n) is 5.19. The van der Waals surface area contributed by atoms with E-state index < -0.39 is 8.07 Å². The van der Waals surface area contributed by atoms with Crippen molar-refractivity contribution < 1.29 is 4.42 Å². The quantitative estimate of drug-likeness (QED) is 0.694. The molecular formula is C12H17N3OS2Si. The van der Waals surface area contributed by atoms with Gasteiger partial charge in [-0.1, -0.05) is 42.8 Å². The molecule has 0 aromatic carbocycles. The van der Waals surface area contributed by atoms with Crippen LogP contribution in [0.2, 0.25) is 18.6 Å². The first-order valence-electron chi connectivity index (χ1n) is 6.45. The topological polar surface area (TPSA) is 64.9 Å². The third-order valence-electron chi connectivity index (χ3n) is 3.70. The number of oxazole rings is 1. The van der Waals surface area contributed by atoms with Crippen LogP contribution in [-0.2, 0) is 5.75 Å². The Hall–Kier alpha value is -0.793. The molecule has 0 atom stereocenters. The number of aromatic nitrogens is 2. The molecule has 4 nitrogen and oxygen atoms in total. The fourth-order valence-corrected chi connectivity index (χ4v) is 7.69. The highest BCUT2D eigenvalue weighted by molar-refractivity contribution is 8.00. The van der Waals surface area contributed by atoms with Crippen molar-refractivity contribution in [2.75, 3.05) is 5.73 Å². The molecule has 3 rings (SSSR count). The van der Waals surface area contributed by atoms with Crippen LogP contribution in [-0.4, -0.2) is 18.0 Å². The summed E-state index contributed by atoms with van der Waals surface area (Å²) in [4.78, 5) is 8.47. The molecule has 7 heteroatoms. The minimum atomic E-state index is -1.31. The van der Waals surface area contributed by atoms with E-state index in [0.717, 1.165) is 15.9 Å². The summed E-state index contributed by atoms with van der Waals surface area (Å²) in [6.07, 6.45) is 6.48. The van der Waals surface area contributed by atoms with Crippen LogP contribution in [0.15, 0.2) is 21.0 Å². The number of nitrogens with zero attached hydrogens (tertiary/aromatic N) is 2. The predicted octanol–water partition coefficient (Wildman–Crippen LogP) is 3.09. The van der Waals surface area contributed by atoms with E-state index in [0.29, 0.717) is 5.13 Å². The molecule has 1 fully saturated rings. The number of hydrogen-bond acceptors (Lipinski definition) is 6. The van der Waals surface area contributed by atoms with Gasteiger partial charge in [0.15, 0.2) is 5.13 Å². The van der Waals surface area contributed by atoms with Crippen LogP contribution in [0.4, 0.5) is 5.13 Å². The van der Waals surface area contributed by atoms with Crippen molar-refractivity contribution in [3.63, 3.8) is 0 Å². The Balaban J connectivity index is 1.65. The molecule has 3 heterocycles. The molecule has 102 valence electrons. The molecule has 0 spiro atoms. The molecule has 0 radical (unpaired) electrons. The molecule has 2 aromatic heterocycles. The number of rotatable bonds is 4. The first-order valence-corrected chi connectivity index (χ1v) is 11.2. The SMILES string of the molecule is C[Si]1(c2cnc(CSc3cnc(N)s3)o2)CCCC1. The van der Waals surface area contributed by atoms with Gasteiger partial charge >= 0.3 is 0 Å². The van der Waals surface area contributed by atoms with Gasteiger partial charge in [0.1, 0.15) is 13.5 Å².